The van der Waals surface area contributed by atoms with Crippen LogP contribution in [0.25, 0.3) is 0 Å². The van der Waals surface area contributed by atoms with Gasteiger partial charge in [0.1, 0.15) is 0 Å². The Morgan fingerprint density at radius 3 is 3.00 bits per heavy atom. The summed E-state index contributed by atoms with van der Waals surface area (Å²) in [6, 6.07) is 1.54. The number of nitrogens with two attached hydrogens (primary N) is 1. The maximum absolute atomic E-state index is 11.9. The smallest absolute Gasteiger partial charge is 0.220 e. The molecule has 1 saturated heterocycles. The molecule has 0 radical (unpaired) electrons. The van der Waals surface area contributed by atoms with Gasteiger partial charge in [0.05, 0.1) is 17.5 Å². The maximum Gasteiger partial charge on any atom is 0.220 e. The van der Waals surface area contributed by atoms with Crippen LogP contribution in [0.2, 0.25) is 0 Å². The van der Waals surface area contributed by atoms with Gasteiger partial charge in [-0.25, -0.2) is 18.4 Å². The van der Waals surface area contributed by atoms with Crippen molar-refractivity contribution >= 4 is 16.0 Å². The summed E-state index contributed by atoms with van der Waals surface area (Å²) < 4.78 is 25.4. The van der Waals surface area contributed by atoms with E-state index in [1.54, 1.807) is 19.2 Å². The molecule has 1 aromatic rings. The van der Waals surface area contributed by atoms with Crippen LogP contribution in [-0.4, -0.2) is 35.0 Å². The lowest BCUT2D eigenvalue weighted by Gasteiger charge is -2.22. The van der Waals surface area contributed by atoms with Crippen LogP contribution >= 0.6 is 0 Å². The molecule has 1 unspecified atom stereocenters. The first-order valence-corrected chi connectivity index (χ1v) is 7.23. The maximum atomic E-state index is 11.9. The third kappa shape index (κ3) is 2.39. The molecule has 0 amide bonds. The number of nitrogen functional groups attached to an aromatic ring is 1. The summed E-state index contributed by atoms with van der Waals surface area (Å²) in [7, 11) is -3.18. The summed E-state index contributed by atoms with van der Waals surface area (Å²) in [5, 5.41) is 0. The van der Waals surface area contributed by atoms with Crippen LogP contribution < -0.4 is 5.73 Å². The summed E-state index contributed by atoms with van der Waals surface area (Å²) in [6.07, 6.45) is 3.20. The SMILES string of the molecule is CCS(=O)(=O)N1CCCC1c1ccnc(N)n1. The van der Waals surface area contributed by atoms with E-state index in [2.05, 4.69) is 9.97 Å². The minimum atomic E-state index is -3.18. The van der Waals surface area contributed by atoms with Gasteiger partial charge in [0.15, 0.2) is 0 Å². The first kappa shape index (κ1) is 12.3. The molecule has 0 saturated carbocycles. The second kappa shape index (κ2) is 4.58. The third-order valence-corrected chi connectivity index (χ3v) is 4.84. The van der Waals surface area contributed by atoms with Gasteiger partial charge >= 0.3 is 0 Å². The minimum Gasteiger partial charge on any atom is -0.368 e. The van der Waals surface area contributed by atoms with E-state index in [0.717, 1.165) is 12.8 Å². The van der Waals surface area contributed by atoms with E-state index < -0.39 is 10.0 Å². The van der Waals surface area contributed by atoms with Crippen molar-refractivity contribution in [2.24, 2.45) is 0 Å². The van der Waals surface area contributed by atoms with E-state index in [0.29, 0.717) is 12.2 Å². The van der Waals surface area contributed by atoms with E-state index in [4.69, 9.17) is 5.73 Å². The Morgan fingerprint density at radius 1 is 1.59 bits per heavy atom. The van der Waals surface area contributed by atoms with Crippen molar-refractivity contribution in [2.75, 3.05) is 18.0 Å². The fraction of sp³-hybridized carbons (Fsp3) is 0.600. The van der Waals surface area contributed by atoms with Crippen LogP contribution in [0.15, 0.2) is 12.3 Å². The van der Waals surface area contributed by atoms with Crippen molar-refractivity contribution in [3.05, 3.63) is 18.0 Å². The molecule has 7 heteroatoms. The molecule has 0 spiro atoms. The molecule has 2 N–H and O–H groups in total. The largest absolute Gasteiger partial charge is 0.368 e. The van der Waals surface area contributed by atoms with Crippen molar-refractivity contribution in [1.29, 1.82) is 0 Å². The van der Waals surface area contributed by atoms with Gasteiger partial charge in [0, 0.05) is 12.7 Å². The van der Waals surface area contributed by atoms with Crippen LogP contribution in [0.4, 0.5) is 5.95 Å². The molecule has 1 aliphatic heterocycles. The monoisotopic (exact) mass is 256 g/mol. The molecule has 94 valence electrons. The second-order valence-corrected chi connectivity index (χ2v) is 6.22. The van der Waals surface area contributed by atoms with Crippen molar-refractivity contribution < 1.29 is 8.42 Å². The molecular weight excluding hydrogens is 240 g/mol. The average molecular weight is 256 g/mol. The Kier molecular flexibility index (Phi) is 3.30. The molecule has 1 aromatic heterocycles. The predicted octanol–water partition coefficient (Wildman–Crippen LogP) is 0.545. The van der Waals surface area contributed by atoms with Crippen molar-refractivity contribution in [1.82, 2.24) is 14.3 Å². The number of anilines is 1. The molecule has 1 fully saturated rings. The number of nitrogens with zero attached hydrogens (tertiary/aromatic N) is 3. The number of hydrogen-bond donors (Lipinski definition) is 1. The second-order valence-electron chi connectivity index (χ2n) is 4.01. The first-order chi connectivity index (χ1) is 8.04. The lowest BCUT2D eigenvalue weighted by Crippen LogP contribution is -2.32. The summed E-state index contributed by atoms with van der Waals surface area (Å²) in [6.45, 7) is 2.21. The zero-order chi connectivity index (χ0) is 12.5. The Labute approximate surface area is 101 Å². The van der Waals surface area contributed by atoms with E-state index >= 15 is 0 Å². The summed E-state index contributed by atoms with van der Waals surface area (Å²) >= 11 is 0. The standard InChI is InChI=1S/C10H16N4O2S/c1-2-17(15,16)14-7-3-4-9(14)8-5-6-12-10(11)13-8/h5-6,9H,2-4,7H2,1H3,(H2,11,12,13). The van der Waals surface area contributed by atoms with Crippen LogP contribution in [-0.2, 0) is 10.0 Å². The van der Waals surface area contributed by atoms with Gasteiger partial charge in [-0.1, -0.05) is 0 Å². The van der Waals surface area contributed by atoms with Crippen LogP contribution in [0.5, 0.6) is 0 Å². The van der Waals surface area contributed by atoms with Gasteiger partial charge in [0.2, 0.25) is 16.0 Å². The lowest BCUT2D eigenvalue weighted by atomic mass is 10.1. The van der Waals surface area contributed by atoms with Crippen LogP contribution in [0, 0.1) is 0 Å². The van der Waals surface area contributed by atoms with Gasteiger partial charge in [-0.15, -0.1) is 0 Å². The molecule has 0 aliphatic carbocycles. The Hall–Kier alpha value is -1.21. The molecule has 6 nitrogen and oxygen atoms in total. The van der Waals surface area contributed by atoms with E-state index in [9.17, 15) is 8.42 Å². The Morgan fingerprint density at radius 2 is 2.35 bits per heavy atom. The Balaban J connectivity index is 2.32. The third-order valence-electron chi connectivity index (χ3n) is 2.96. The fourth-order valence-corrected chi connectivity index (χ4v) is 3.45. The quantitative estimate of drug-likeness (QED) is 0.852. The molecule has 0 bridgehead atoms. The molecule has 2 heterocycles. The van der Waals surface area contributed by atoms with E-state index in [1.807, 2.05) is 0 Å². The predicted molar refractivity (Wildman–Crippen MR) is 64.6 cm³/mol. The minimum absolute atomic E-state index is 0.115. The normalized spacial score (nSPS) is 21.8. The van der Waals surface area contributed by atoms with E-state index in [1.165, 1.54) is 4.31 Å². The van der Waals surface area contributed by atoms with Gasteiger partial charge in [-0.2, -0.15) is 4.31 Å². The van der Waals surface area contributed by atoms with Gasteiger partial charge in [-0.3, -0.25) is 0 Å². The topological polar surface area (TPSA) is 89.2 Å². The average Bonchev–Trinajstić information content (AvgIpc) is 2.78. The highest BCUT2D eigenvalue weighted by molar-refractivity contribution is 7.89. The van der Waals surface area contributed by atoms with Crippen LogP contribution in [0.3, 0.4) is 0 Å². The summed E-state index contributed by atoms with van der Waals surface area (Å²) in [5.41, 5.74) is 6.21. The number of sulfonamides is 1. The fourth-order valence-electron chi connectivity index (χ4n) is 2.11. The molecule has 2 rings (SSSR count). The van der Waals surface area contributed by atoms with Gasteiger partial charge in [0.25, 0.3) is 0 Å². The molecular formula is C10H16N4O2S. The zero-order valence-electron chi connectivity index (χ0n) is 9.70. The Bertz CT molecular complexity index is 503. The highest BCUT2D eigenvalue weighted by atomic mass is 32.2. The summed E-state index contributed by atoms with van der Waals surface area (Å²) in [5.74, 6) is 0.299. The van der Waals surface area contributed by atoms with Gasteiger partial charge < -0.3 is 5.73 Å². The molecule has 17 heavy (non-hydrogen) atoms. The highest BCUT2D eigenvalue weighted by Crippen LogP contribution is 2.33. The van der Waals surface area contributed by atoms with Crippen LogP contribution in [0.1, 0.15) is 31.5 Å². The molecule has 1 aliphatic rings. The zero-order valence-corrected chi connectivity index (χ0v) is 10.5. The van der Waals surface area contributed by atoms with Gasteiger partial charge in [-0.05, 0) is 25.8 Å². The molecule has 0 aromatic carbocycles. The number of hydrogen-bond acceptors (Lipinski definition) is 5. The van der Waals surface area contributed by atoms with Crippen molar-refractivity contribution in [2.45, 2.75) is 25.8 Å². The highest BCUT2D eigenvalue weighted by Gasteiger charge is 2.34. The number of rotatable bonds is 3. The molecule has 1 atom stereocenters. The lowest BCUT2D eigenvalue weighted by molar-refractivity contribution is 0.391. The first-order valence-electron chi connectivity index (χ1n) is 5.62. The number of aromatic nitrogens is 2. The summed E-state index contributed by atoms with van der Waals surface area (Å²) in [4.78, 5) is 7.93. The van der Waals surface area contributed by atoms with Crippen molar-refractivity contribution in [3.63, 3.8) is 0 Å². The van der Waals surface area contributed by atoms with Crippen molar-refractivity contribution in [3.8, 4) is 0 Å². The van der Waals surface area contributed by atoms with E-state index in [-0.39, 0.29) is 17.7 Å².